The maximum absolute atomic E-state index is 12.8. The normalized spacial score (nSPS) is 10.9. The average Bonchev–Trinajstić information content (AvgIpc) is 3.11. The number of oxazole rings is 1. The topological polar surface area (TPSA) is 64.4 Å². The zero-order valence-electron chi connectivity index (χ0n) is 16.2. The summed E-state index contributed by atoms with van der Waals surface area (Å²) >= 11 is 3.43. The molecule has 1 aromatic heterocycles. The summed E-state index contributed by atoms with van der Waals surface area (Å²) in [5.41, 5.74) is 5.57. The molecule has 0 saturated carbocycles. The number of hydrogen-bond donors (Lipinski definition) is 1. The number of amides is 1. The minimum atomic E-state index is -0.240. The van der Waals surface area contributed by atoms with Crippen molar-refractivity contribution >= 4 is 38.6 Å². The molecule has 0 bridgehead atoms. The SMILES string of the molecule is COc1c(C)cc(Br)cc1C(=O)Nc1ccc(-c2nc3ccc(C)cc3o2)cc1. The number of rotatable bonds is 4. The van der Waals surface area contributed by atoms with Gasteiger partial charge < -0.3 is 14.5 Å². The Balaban J connectivity index is 1.57. The summed E-state index contributed by atoms with van der Waals surface area (Å²) in [6.45, 7) is 3.91. The molecule has 0 unspecified atom stereocenters. The first-order chi connectivity index (χ1) is 13.9. The zero-order valence-corrected chi connectivity index (χ0v) is 17.8. The molecule has 4 rings (SSSR count). The van der Waals surface area contributed by atoms with Gasteiger partial charge in [0, 0.05) is 15.7 Å². The lowest BCUT2D eigenvalue weighted by molar-refractivity contribution is 0.102. The summed E-state index contributed by atoms with van der Waals surface area (Å²) in [5, 5.41) is 2.91. The van der Waals surface area contributed by atoms with E-state index in [4.69, 9.17) is 9.15 Å². The third-order valence-corrected chi connectivity index (χ3v) is 5.08. The molecule has 1 heterocycles. The third kappa shape index (κ3) is 3.89. The molecular weight excluding hydrogens is 432 g/mol. The van der Waals surface area contributed by atoms with E-state index >= 15 is 0 Å². The highest BCUT2D eigenvalue weighted by atomic mass is 79.9. The maximum atomic E-state index is 12.8. The van der Waals surface area contributed by atoms with Crippen LogP contribution in [0.5, 0.6) is 5.75 Å². The molecule has 0 radical (unpaired) electrons. The Bertz CT molecular complexity index is 1210. The predicted octanol–water partition coefficient (Wildman–Crippen LogP) is 6.14. The standard InChI is InChI=1S/C23H19BrN2O3/c1-13-4-9-19-20(10-13)29-23(26-19)15-5-7-17(8-6-15)25-22(27)18-12-16(24)11-14(2)21(18)28-3/h4-12H,1-3H3,(H,25,27). The Hall–Kier alpha value is -3.12. The van der Waals surface area contributed by atoms with Crippen molar-refractivity contribution in [3.05, 3.63) is 75.8 Å². The minimum Gasteiger partial charge on any atom is -0.496 e. The number of nitrogens with zero attached hydrogens (tertiary/aromatic N) is 1. The quantitative estimate of drug-likeness (QED) is 0.405. The number of benzene rings is 3. The van der Waals surface area contributed by atoms with Crippen molar-refractivity contribution in [3.63, 3.8) is 0 Å². The van der Waals surface area contributed by atoms with Gasteiger partial charge >= 0.3 is 0 Å². The molecule has 0 aliphatic carbocycles. The first kappa shape index (κ1) is 19.2. The van der Waals surface area contributed by atoms with Gasteiger partial charge in [0.1, 0.15) is 11.3 Å². The van der Waals surface area contributed by atoms with Crippen LogP contribution in [0.3, 0.4) is 0 Å². The molecule has 146 valence electrons. The fourth-order valence-electron chi connectivity index (χ4n) is 3.22. The van der Waals surface area contributed by atoms with Gasteiger partial charge in [-0.1, -0.05) is 22.0 Å². The molecule has 0 fully saturated rings. The van der Waals surface area contributed by atoms with Crippen LogP contribution in [0.25, 0.3) is 22.6 Å². The summed E-state index contributed by atoms with van der Waals surface area (Å²) < 4.78 is 12.1. The lowest BCUT2D eigenvalue weighted by Crippen LogP contribution is -2.13. The number of aromatic nitrogens is 1. The smallest absolute Gasteiger partial charge is 0.259 e. The van der Waals surface area contributed by atoms with Crippen LogP contribution in [0.2, 0.25) is 0 Å². The number of ether oxygens (including phenoxy) is 1. The van der Waals surface area contributed by atoms with E-state index in [1.54, 1.807) is 13.2 Å². The number of hydrogen-bond acceptors (Lipinski definition) is 4. The molecule has 1 amide bonds. The van der Waals surface area contributed by atoms with E-state index in [2.05, 4.69) is 26.2 Å². The summed E-state index contributed by atoms with van der Waals surface area (Å²) in [6.07, 6.45) is 0. The van der Waals surface area contributed by atoms with Crippen molar-refractivity contribution in [1.29, 1.82) is 0 Å². The van der Waals surface area contributed by atoms with Crippen molar-refractivity contribution in [2.45, 2.75) is 13.8 Å². The van der Waals surface area contributed by atoms with Crippen LogP contribution in [0.1, 0.15) is 21.5 Å². The molecule has 3 aromatic carbocycles. The summed E-state index contributed by atoms with van der Waals surface area (Å²) in [5.74, 6) is 0.869. The van der Waals surface area contributed by atoms with E-state index in [9.17, 15) is 4.79 Å². The molecule has 0 saturated heterocycles. The number of nitrogens with one attached hydrogen (secondary N) is 1. The second-order valence-corrected chi connectivity index (χ2v) is 7.74. The van der Waals surface area contributed by atoms with Gasteiger partial charge in [-0.2, -0.15) is 0 Å². The van der Waals surface area contributed by atoms with E-state index in [0.29, 0.717) is 22.9 Å². The van der Waals surface area contributed by atoms with Crippen LogP contribution in [-0.2, 0) is 0 Å². The molecule has 6 heteroatoms. The van der Waals surface area contributed by atoms with Gasteiger partial charge in [0.05, 0.1) is 12.7 Å². The van der Waals surface area contributed by atoms with Crippen LogP contribution in [0.4, 0.5) is 5.69 Å². The highest BCUT2D eigenvalue weighted by Gasteiger charge is 2.16. The number of halogens is 1. The first-order valence-corrected chi connectivity index (χ1v) is 9.87. The molecule has 0 spiro atoms. The fourth-order valence-corrected chi connectivity index (χ4v) is 3.79. The Morgan fingerprint density at radius 1 is 1.07 bits per heavy atom. The third-order valence-electron chi connectivity index (χ3n) is 4.62. The molecule has 4 aromatic rings. The average molecular weight is 451 g/mol. The van der Waals surface area contributed by atoms with Crippen LogP contribution in [0, 0.1) is 13.8 Å². The van der Waals surface area contributed by atoms with Crippen molar-refractivity contribution in [3.8, 4) is 17.2 Å². The second kappa shape index (κ2) is 7.72. The Morgan fingerprint density at radius 3 is 2.55 bits per heavy atom. The van der Waals surface area contributed by atoms with E-state index in [1.165, 1.54) is 0 Å². The van der Waals surface area contributed by atoms with Gasteiger partial charge in [-0.15, -0.1) is 0 Å². The Morgan fingerprint density at radius 2 is 1.83 bits per heavy atom. The monoisotopic (exact) mass is 450 g/mol. The zero-order chi connectivity index (χ0) is 20.5. The second-order valence-electron chi connectivity index (χ2n) is 6.83. The summed E-state index contributed by atoms with van der Waals surface area (Å²) in [6, 6.07) is 17.0. The van der Waals surface area contributed by atoms with Gasteiger partial charge in [-0.05, 0) is 73.5 Å². The number of carbonyl (C=O) groups excluding carboxylic acids is 1. The fraction of sp³-hybridized carbons (Fsp3) is 0.130. The lowest BCUT2D eigenvalue weighted by atomic mass is 10.1. The van der Waals surface area contributed by atoms with E-state index < -0.39 is 0 Å². The summed E-state index contributed by atoms with van der Waals surface area (Å²) in [4.78, 5) is 17.3. The van der Waals surface area contributed by atoms with Gasteiger partial charge in [0.15, 0.2) is 5.58 Å². The largest absolute Gasteiger partial charge is 0.496 e. The first-order valence-electron chi connectivity index (χ1n) is 9.08. The van der Waals surface area contributed by atoms with E-state index in [1.807, 2.05) is 62.4 Å². The molecular formula is C23H19BrN2O3. The van der Waals surface area contributed by atoms with Gasteiger partial charge in [-0.3, -0.25) is 4.79 Å². The predicted molar refractivity (Wildman–Crippen MR) is 118 cm³/mol. The Kier molecular flexibility index (Phi) is 5.11. The molecule has 5 nitrogen and oxygen atoms in total. The maximum Gasteiger partial charge on any atom is 0.259 e. The summed E-state index contributed by atoms with van der Waals surface area (Å²) in [7, 11) is 1.56. The van der Waals surface area contributed by atoms with Gasteiger partial charge in [-0.25, -0.2) is 4.98 Å². The van der Waals surface area contributed by atoms with Crippen LogP contribution >= 0.6 is 15.9 Å². The van der Waals surface area contributed by atoms with Crippen LogP contribution in [0.15, 0.2) is 63.5 Å². The molecule has 0 aliphatic heterocycles. The molecule has 1 N–H and O–H groups in total. The van der Waals surface area contributed by atoms with Crippen molar-refractivity contribution in [2.75, 3.05) is 12.4 Å². The van der Waals surface area contributed by atoms with E-state index in [-0.39, 0.29) is 5.91 Å². The van der Waals surface area contributed by atoms with Gasteiger partial charge in [0.25, 0.3) is 5.91 Å². The molecule has 0 aliphatic rings. The highest BCUT2D eigenvalue weighted by molar-refractivity contribution is 9.10. The number of carbonyl (C=O) groups is 1. The van der Waals surface area contributed by atoms with Crippen LogP contribution in [-0.4, -0.2) is 18.0 Å². The number of anilines is 1. The van der Waals surface area contributed by atoms with Crippen molar-refractivity contribution in [2.24, 2.45) is 0 Å². The highest BCUT2D eigenvalue weighted by Crippen LogP contribution is 2.29. The number of methoxy groups -OCH3 is 1. The molecule has 0 atom stereocenters. The molecule has 29 heavy (non-hydrogen) atoms. The lowest BCUT2D eigenvalue weighted by Gasteiger charge is -2.12. The van der Waals surface area contributed by atoms with Crippen molar-refractivity contribution < 1.29 is 13.9 Å². The van der Waals surface area contributed by atoms with Gasteiger partial charge in [0.2, 0.25) is 5.89 Å². The number of fused-ring (bicyclic) bond motifs is 1. The number of aryl methyl sites for hydroxylation is 2. The van der Waals surface area contributed by atoms with Crippen molar-refractivity contribution in [1.82, 2.24) is 4.98 Å². The van der Waals surface area contributed by atoms with Crippen LogP contribution < -0.4 is 10.1 Å². The van der Waals surface area contributed by atoms with E-state index in [0.717, 1.165) is 32.3 Å². The minimum absolute atomic E-state index is 0.240. The Labute approximate surface area is 176 Å².